The summed E-state index contributed by atoms with van der Waals surface area (Å²) < 4.78 is 1.53. The molecular formula is C15H16ClN5O2. The highest BCUT2D eigenvalue weighted by Gasteiger charge is 2.27. The van der Waals surface area contributed by atoms with Crippen LogP contribution in [0.5, 0.6) is 0 Å². The van der Waals surface area contributed by atoms with Gasteiger partial charge in [-0.15, -0.1) is 5.10 Å². The van der Waals surface area contributed by atoms with Gasteiger partial charge in [-0.1, -0.05) is 16.8 Å². The zero-order chi connectivity index (χ0) is 16.4. The Labute approximate surface area is 138 Å². The van der Waals surface area contributed by atoms with Crippen LogP contribution in [0.3, 0.4) is 0 Å². The van der Waals surface area contributed by atoms with Gasteiger partial charge in [-0.3, -0.25) is 9.59 Å². The van der Waals surface area contributed by atoms with Crippen molar-refractivity contribution in [2.45, 2.75) is 12.8 Å². The van der Waals surface area contributed by atoms with Gasteiger partial charge in [-0.05, 0) is 37.1 Å². The van der Waals surface area contributed by atoms with E-state index >= 15 is 0 Å². The Kier molecular flexibility index (Phi) is 4.29. The lowest BCUT2D eigenvalue weighted by molar-refractivity contribution is -0.123. The molecule has 0 spiro atoms. The number of hydrogen-bond donors (Lipinski definition) is 1. The Hall–Kier alpha value is -2.41. The molecule has 1 aliphatic heterocycles. The summed E-state index contributed by atoms with van der Waals surface area (Å²) in [6.07, 6.45) is 2.77. The van der Waals surface area contributed by atoms with E-state index < -0.39 is 0 Å². The van der Waals surface area contributed by atoms with Gasteiger partial charge in [-0.2, -0.15) is 0 Å². The maximum absolute atomic E-state index is 12.4. The number of amides is 2. The minimum atomic E-state index is -0.300. The first-order chi connectivity index (χ1) is 11.0. The third-order valence-corrected chi connectivity index (χ3v) is 4.24. The van der Waals surface area contributed by atoms with Crippen LogP contribution in [0, 0.1) is 5.92 Å². The van der Waals surface area contributed by atoms with E-state index in [-0.39, 0.29) is 23.4 Å². The number of halogens is 1. The van der Waals surface area contributed by atoms with Crippen molar-refractivity contribution in [3.63, 3.8) is 0 Å². The smallest absolute Gasteiger partial charge is 0.276 e. The minimum absolute atomic E-state index is 0.149. The maximum atomic E-state index is 12.4. The van der Waals surface area contributed by atoms with E-state index in [1.807, 2.05) is 0 Å². The molecule has 1 aromatic carbocycles. The van der Waals surface area contributed by atoms with Crippen molar-refractivity contribution < 1.29 is 9.59 Å². The number of rotatable bonds is 3. The summed E-state index contributed by atoms with van der Waals surface area (Å²) in [6, 6.07) is 7.08. The van der Waals surface area contributed by atoms with Crippen molar-refractivity contribution in [3.05, 3.63) is 41.2 Å². The van der Waals surface area contributed by atoms with Gasteiger partial charge in [0.15, 0.2) is 5.69 Å². The van der Waals surface area contributed by atoms with E-state index in [9.17, 15) is 9.59 Å². The van der Waals surface area contributed by atoms with Crippen LogP contribution in [-0.2, 0) is 4.79 Å². The summed E-state index contributed by atoms with van der Waals surface area (Å²) in [4.78, 5) is 25.3. The molecule has 7 nitrogen and oxygen atoms in total. The number of nitrogens with two attached hydrogens (primary N) is 1. The second-order valence-electron chi connectivity index (χ2n) is 5.49. The number of benzene rings is 1. The second kappa shape index (κ2) is 6.37. The van der Waals surface area contributed by atoms with Crippen molar-refractivity contribution >= 4 is 23.4 Å². The molecule has 2 amide bonds. The van der Waals surface area contributed by atoms with E-state index in [0.29, 0.717) is 31.0 Å². The van der Waals surface area contributed by atoms with Crippen LogP contribution >= 0.6 is 11.6 Å². The van der Waals surface area contributed by atoms with E-state index in [4.69, 9.17) is 17.3 Å². The van der Waals surface area contributed by atoms with Crippen molar-refractivity contribution in [3.8, 4) is 5.69 Å². The van der Waals surface area contributed by atoms with Gasteiger partial charge < -0.3 is 10.6 Å². The summed E-state index contributed by atoms with van der Waals surface area (Å²) in [6.45, 7) is 1.00. The summed E-state index contributed by atoms with van der Waals surface area (Å²) in [5, 5.41) is 8.55. The molecule has 23 heavy (non-hydrogen) atoms. The van der Waals surface area contributed by atoms with Crippen molar-refractivity contribution in [1.29, 1.82) is 0 Å². The third kappa shape index (κ3) is 3.34. The zero-order valence-corrected chi connectivity index (χ0v) is 13.1. The molecular weight excluding hydrogens is 318 g/mol. The average Bonchev–Trinajstić information content (AvgIpc) is 3.05. The predicted molar refractivity (Wildman–Crippen MR) is 84.2 cm³/mol. The molecule has 0 bridgehead atoms. The first kappa shape index (κ1) is 15.5. The summed E-state index contributed by atoms with van der Waals surface area (Å²) in [5.41, 5.74) is 6.35. The van der Waals surface area contributed by atoms with E-state index in [0.717, 1.165) is 5.69 Å². The van der Waals surface area contributed by atoms with Crippen molar-refractivity contribution in [2.24, 2.45) is 11.7 Å². The maximum Gasteiger partial charge on any atom is 0.276 e. The van der Waals surface area contributed by atoms with Crippen LogP contribution in [0.2, 0.25) is 5.02 Å². The normalized spacial score (nSPS) is 15.6. The molecule has 0 unspecified atom stereocenters. The van der Waals surface area contributed by atoms with Gasteiger partial charge in [0, 0.05) is 24.0 Å². The lowest BCUT2D eigenvalue weighted by Gasteiger charge is -2.29. The molecule has 120 valence electrons. The second-order valence-corrected chi connectivity index (χ2v) is 5.93. The number of aromatic nitrogens is 3. The van der Waals surface area contributed by atoms with Gasteiger partial charge >= 0.3 is 0 Å². The Morgan fingerprint density at radius 3 is 2.43 bits per heavy atom. The number of hydrogen-bond acceptors (Lipinski definition) is 4. The lowest BCUT2D eigenvalue weighted by atomic mass is 9.96. The van der Waals surface area contributed by atoms with Gasteiger partial charge in [0.1, 0.15) is 0 Å². The molecule has 1 aromatic heterocycles. The van der Waals surface area contributed by atoms with Crippen LogP contribution in [0.4, 0.5) is 0 Å². The molecule has 2 aromatic rings. The zero-order valence-electron chi connectivity index (χ0n) is 12.4. The molecule has 1 aliphatic rings. The van der Waals surface area contributed by atoms with E-state index in [2.05, 4.69) is 10.3 Å². The van der Waals surface area contributed by atoms with Crippen molar-refractivity contribution in [2.75, 3.05) is 13.1 Å². The van der Waals surface area contributed by atoms with E-state index in [1.165, 1.54) is 4.68 Å². The molecule has 1 saturated heterocycles. The van der Waals surface area contributed by atoms with Gasteiger partial charge in [0.25, 0.3) is 5.91 Å². The average molecular weight is 334 g/mol. The highest BCUT2D eigenvalue weighted by Crippen LogP contribution is 2.18. The molecule has 0 saturated carbocycles. The largest absolute Gasteiger partial charge is 0.369 e. The van der Waals surface area contributed by atoms with Crippen LogP contribution in [0.15, 0.2) is 30.5 Å². The fraction of sp³-hybridized carbons (Fsp3) is 0.333. The van der Waals surface area contributed by atoms with Crippen LogP contribution in [0.25, 0.3) is 5.69 Å². The number of carbonyl (C=O) groups is 2. The number of nitrogens with zero attached hydrogens (tertiary/aromatic N) is 4. The van der Waals surface area contributed by atoms with Gasteiger partial charge in [0.2, 0.25) is 5.91 Å². The quantitative estimate of drug-likeness (QED) is 0.914. The highest BCUT2D eigenvalue weighted by molar-refractivity contribution is 6.30. The van der Waals surface area contributed by atoms with Gasteiger partial charge in [-0.25, -0.2) is 4.68 Å². The van der Waals surface area contributed by atoms with Gasteiger partial charge in [0.05, 0.1) is 11.9 Å². The summed E-state index contributed by atoms with van der Waals surface area (Å²) >= 11 is 5.85. The molecule has 3 rings (SSSR count). The molecule has 1 fully saturated rings. The Morgan fingerprint density at radius 2 is 1.83 bits per heavy atom. The number of carbonyl (C=O) groups excluding carboxylic acids is 2. The predicted octanol–water partition coefficient (Wildman–Crippen LogP) is 1.26. The fourth-order valence-corrected chi connectivity index (χ4v) is 2.74. The first-order valence-corrected chi connectivity index (χ1v) is 7.69. The van der Waals surface area contributed by atoms with Crippen molar-refractivity contribution in [1.82, 2.24) is 19.9 Å². The first-order valence-electron chi connectivity index (χ1n) is 7.31. The number of primary amides is 1. The molecule has 0 radical (unpaired) electrons. The van der Waals surface area contributed by atoms with Crippen LogP contribution in [-0.4, -0.2) is 44.8 Å². The lowest BCUT2D eigenvalue weighted by Crippen LogP contribution is -2.41. The summed E-state index contributed by atoms with van der Waals surface area (Å²) in [7, 11) is 0. The minimum Gasteiger partial charge on any atom is -0.369 e. The topological polar surface area (TPSA) is 94.1 Å². The molecule has 8 heteroatoms. The Bertz CT molecular complexity index is 720. The highest BCUT2D eigenvalue weighted by atomic mass is 35.5. The Balaban J connectivity index is 1.69. The van der Waals surface area contributed by atoms with Crippen LogP contribution in [0.1, 0.15) is 23.3 Å². The molecule has 0 aliphatic carbocycles. The molecule has 2 N–H and O–H groups in total. The van der Waals surface area contributed by atoms with E-state index in [1.54, 1.807) is 35.4 Å². The number of piperidine rings is 1. The fourth-order valence-electron chi connectivity index (χ4n) is 2.61. The standard InChI is InChI=1S/C15H16ClN5O2/c16-11-1-3-12(4-2-11)21-9-13(18-19-21)15(23)20-7-5-10(6-8-20)14(17)22/h1-4,9-10H,5-8H2,(H2,17,22). The monoisotopic (exact) mass is 333 g/mol. The molecule has 2 heterocycles. The SMILES string of the molecule is NC(=O)C1CCN(C(=O)c2cn(-c3ccc(Cl)cc3)nn2)CC1. The number of likely N-dealkylation sites (tertiary alicyclic amines) is 1. The summed E-state index contributed by atoms with van der Waals surface area (Å²) in [5.74, 6) is -0.636. The van der Waals surface area contributed by atoms with Crippen LogP contribution < -0.4 is 5.73 Å². The molecule has 0 atom stereocenters. The Morgan fingerprint density at radius 1 is 1.17 bits per heavy atom. The third-order valence-electron chi connectivity index (χ3n) is 3.99.